The van der Waals surface area contributed by atoms with Gasteiger partial charge in [-0.3, -0.25) is 4.79 Å². The number of hydrogen-bond donors (Lipinski definition) is 0. The number of pyridine rings is 1. The second-order valence-corrected chi connectivity index (χ2v) is 4.38. The van der Waals surface area contributed by atoms with Crippen molar-refractivity contribution in [1.82, 2.24) is 4.98 Å². The molecule has 2 rings (SSSR count). The van der Waals surface area contributed by atoms with Gasteiger partial charge < -0.3 is 14.2 Å². The summed E-state index contributed by atoms with van der Waals surface area (Å²) < 4.78 is 15.0. The van der Waals surface area contributed by atoms with Crippen molar-refractivity contribution in [1.29, 1.82) is 0 Å². The molecule has 0 amide bonds. The fourth-order valence-electron chi connectivity index (χ4n) is 1.89. The van der Waals surface area contributed by atoms with Gasteiger partial charge in [-0.15, -0.1) is 0 Å². The van der Waals surface area contributed by atoms with Crippen LogP contribution in [0.15, 0.2) is 30.3 Å². The van der Waals surface area contributed by atoms with Crippen LogP contribution in [0.4, 0.5) is 0 Å². The molecule has 1 heterocycles. The third-order valence-electron chi connectivity index (χ3n) is 2.82. The van der Waals surface area contributed by atoms with E-state index in [-0.39, 0.29) is 25.5 Å². The summed E-state index contributed by atoms with van der Waals surface area (Å²) in [6.07, 6.45) is 0.469. The lowest BCUT2D eigenvalue weighted by Gasteiger charge is -2.10. The number of esters is 2. The van der Waals surface area contributed by atoms with Crippen molar-refractivity contribution < 1.29 is 28.6 Å². The predicted molar refractivity (Wildman–Crippen MR) is 80.2 cm³/mol. The lowest BCUT2D eigenvalue weighted by atomic mass is 10.2. The molecule has 120 valence electrons. The van der Waals surface area contributed by atoms with Crippen molar-refractivity contribution in [2.75, 3.05) is 19.8 Å². The van der Waals surface area contributed by atoms with E-state index in [1.54, 1.807) is 31.2 Å². The van der Waals surface area contributed by atoms with E-state index in [4.69, 9.17) is 14.2 Å². The Balaban J connectivity index is 2.30. The first-order valence-electron chi connectivity index (χ1n) is 6.94. The molecule has 0 aliphatic rings. The first kappa shape index (κ1) is 16.4. The molecule has 0 radical (unpaired) electrons. The minimum atomic E-state index is -0.746. The molecule has 0 atom stereocenters. The van der Waals surface area contributed by atoms with E-state index in [0.29, 0.717) is 22.9 Å². The number of hydrogen-bond acceptors (Lipinski definition) is 7. The van der Waals surface area contributed by atoms with Crippen LogP contribution in [0.3, 0.4) is 0 Å². The number of aromatic nitrogens is 1. The topological polar surface area (TPSA) is 91.8 Å². The molecule has 0 saturated heterocycles. The van der Waals surface area contributed by atoms with E-state index < -0.39 is 11.9 Å². The third-order valence-corrected chi connectivity index (χ3v) is 2.82. The van der Waals surface area contributed by atoms with E-state index >= 15 is 0 Å². The Morgan fingerprint density at radius 1 is 1.22 bits per heavy atom. The lowest BCUT2D eigenvalue weighted by molar-refractivity contribution is -0.145. The summed E-state index contributed by atoms with van der Waals surface area (Å²) in [5, 5.41) is 0.642. The Morgan fingerprint density at radius 3 is 2.74 bits per heavy atom. The van der Waals surface area contributed by atoms with Crippen LogP contribution in [0.5, 0.6) is 5.75 Å². The summed E-state index contributed by atoms with van der Waals surface area (Å²) >= 11 is 0. The zero-order chi connectivity index (χ0) is 16.7. The molecule has 0 saturated carbocycles. The maximum absolute atomic E-state index is 11.8. The van der Waals surface area contributed by atoms with Gasteiger partial charge in [-0.05, 0) is 19.1 Å². The second-order valence-electron chi connectivity index (χ2n) is 4.38. The minimum Gasteiger partial charge on any atom is -0.481 e. The predicted octanol–water partition coefficient (Wildman–Crippen LogP) is 1.53. The average Bonchev–Trinajstić information content (AvgIpc) is 2.57. The molecule has 0 N–H and O–H groups in total. The van der Waals surface area contributed by atoms with Gasteiger partial charge in [0.1, 0.15) is 12.4 Å². The highest BCUT2D eigenvalue weighted by molar-refractivity contribution is 5.94. The summed E-state index contributed by atoms with van der Waals surface area (Å²) in [6.45, 7) is 1.31. The van der Waals surface area contributed by atoms with Gasteiger partial charge in [-0.25, -0.2) is 14.6 Å². The minimum absolute atomic E-state index is 0.00981. The molecule has 2 aromatic rings. The highest BCUT2D eigenvalue weighted by Gasteiger charge is 2.15. The van der Waals surface area contributed by atoms with Gasteiger partial charge in [0.05, 0.1) is 12.1 Å². The summed E-state index contributed by atoms with van der Waals surface area (Å²) in [7, 11) is 0. The van der Waals surface area contributed by atoms with Gasteiger partial charge in [-0.2, -0.15) is 0 Å². The lowest BCUT2D eigenvalue weighted by Crippen LogP contribution is -2.15. The molecule has 7 heteroatoms. The average molecular weight is 317 g/mol. The molecule has 0 bridgehead atoms. The summed E-state index contributed by atoms with van der Waals surface area (Å²) in [5.41, 5.74) is 0.497. The first-order chi connectivity index (χ1) is 11.2. The van der Waals surface area contributed by atoms with Crippen molar-refractivity contribution in [3.63, 3.8) is 0 Å². The van der Waals surface area contributed by atoms with Crippen LogP contribution in [0.1, 0.15) is 17.4 Å². The molecule has 0 fully saturated rings. The molecule has 0 aliphatic heterocycles. The fraction of sp³-hybridized carbons (Fsp3) is 0.250. The number of rotatable bonds is 7. The summed E-state index contributed by atoms with van der Waals surface area (Å²) in [4.78, 5) is 37.7. The Hall–Kier alpha value is -2.96. The maximum Gasteiger partial charge on any atom is 0.357 e. The highest BCUT2D eigenvalue weighted by atomic mass is 16.6. The SMILES string of the molecule is CCOC(=O)COc1cc(C(=O)OCC=O)nc2ccccc12. The number of fused-ring (bicyclic) bond motifs is 1. The molecule has 23 heavy (non-hydrogen) atoms. The Kier molecular flexibility index (Phi) is 5.62. The van der Waals surface area contributed by atoms with Crippen molar-refractivity contribution in [2.24, 2.45) is 0 Å². The molecule has 1 aromatic carbocycles. The van der Waals surface area contributed by atoms with Gasteiger partial charge in [-0.1, -0.05) is 12.1 Å². The number of ether oxygens (including phenoxy) is 3. The molecular weight excluding hydrogens is 302 g/mol. The van der Waals surface area contributed by atoms with E-state index in [1.165, 1.54) is 6.07 Å². The van der Waals surface area contributed by atoms with E-state index in [2.05, 4.69) is 4.98 Å². The van der Waals surface area contributed by atoms with Gasteiger partial charge in [0, 0.05) is 11.5 Å². The van der Waals surface area contributed by atoms with E-state index in [1.807, 2.05) is 0 Å². The van der Waals surface area contributed by atoms with Crippen molar-refractivity contribution >= 4 is 29.1 Å². The zero-order valence-electron chi connectivity index (χ0n) is 12.5. The summed E-state index contributed by atoms with van der Waals surface area (Å²) in [5.74, 6) is -0.955. The van der Waals surface area contributed by atoms with Crippen LogP contribution in [0, 0.1) is 0 Å². The van der Waals surface area contributed by atoms with Crippen LogP contribution in [0.25, 0.3) is 10.9 Å². The first-order valence-corrected chi connectivity index (χ1v) is 6.94. The van der Waals surface area contributed by atoms with Crippen molar-refractivity contribution in [2.45, 2.75) is 6.92 Å². The largest absolute Gasteiger partial charge is 0.481 e. The van der Waals surface area contributed by atoms with Crippen LogP contribution < -0.4 is 4.74 Å². The van der Waals surface area contributed by atoms with Crippen LogP contribution in [-0.2, 0) is 19.1 Å². The summed E-state index contributed by atoms with van der Waals surface area (Å²) in [6, 6.07) is 8.36. The zero-order valence-corrected chi connectivity index (χ0v) is 12.5. The molecule has 0 aliphatic carbocycles. The van der Waals surface area contributed by atoms with Crippen LogP contribution >= 0.6 is 0 Å². The molecule has 0 spiro atoms. The number of nitrogens with zero attached hydrogens (tertiary/aromatic N) is 1. The Labute approximate surface area is 132 Å². The van der Waals surface area contributed by atoms with E-state index in [9.17, 15) is 14.4 Å². The van der Waals surface area contributed by atoms with Crippen molar-refractivity contribution in [3.8, 4) is 5.75 Å². The van der Waals surface area contributed by atoms with Crippen LogP contribution in [0.2, 0.25) is 0 Å². The smallest absolute Gasteiger partial charge is 0.357 e. The third kappa shape index (κ3) is 4.26. The number of para-hydroxylation sites is 1. The monoisotopic (exact) mass is 317 g/mol. The Bertz CT molecular complexity index is 728. The van der Waals surface area contributed by atoms with E-state index in [0.717, 1.165) is 0 Å². The maximum atomic E-state index is 11.8. The van der Waals surface area contributed by atoms with Gasteiger partial charge in [0.15, 0.2) is 18.6 Å². The van der Waals surface area contributed by atoms with Gasteiger partial charge in [0.2, 0.25) is 0 Å². The molecular formula is C16H15NO6. The van der Waals surface area contributed by atoms with Crippen molar-refractivity contribution in [3.05, 3.63) is 36.0 Å². The number of carbonyl (C=O) groups is 3. The molecule has 1 aromatic heterocycles. The number of aldehydes is 1. The number of carbonyl (C=O) groups excluding carboxylic acids is 3. The standard InChI is InChI=1S/C16H15NO6/c1-2-21-15(19)10-23-14-9-13(16(20)22-8-7-18)17-12-6-4-3-5-11(12)14/h3-7,9H,2,8,10H2,1H3. The number of benzene rings is 1. The highest BCUT2D eigenvalue weighted by Crippen LogP contribution is 2.25. The molecule has 7 nitrogen and oxygen atoms in total. The molecule has 0 unspecified atom stereocenters. The second kappa shape index (κ2) is 7.88. The van der Waals surface area contributed by atoms with Gasteiger partial charge in [0.25, 0.3) is 0 Å². The fourth-order valence-corrected chi connectivity index (χ4v) is 1.89. The van der Waals surface area contributed by atoms with Crippen LogP contribution in [-0.4, -0.2) is 43.0 Å². The Morgan fingerprint density at radius 2 is 2.00 bits per heavy atom. The quantitative estimate of drug-likeness (QED) is 0.565. The normalized spacial score (nSPS) is 10.1. The van der Waals surface area contributed by atoms with Gasteiger partial charge >= 0.3 is 11.9 Å².